The maximum absolute atomic E-state index is 12.3. The number of benzene rings is 2. The number of carbonyl (C=O) groups excluding carboxylic acids is 1. The van der Waals surface area contributed by atoms with Gasteiger partial charge in [-0.1, -0.05) is 12.1 Å². The number of hydrazone groups is 1. The van der Waals surface area contributed by atoms with Gasteiger partial charge in [-0.05, 0) is 61.7 Å². The summed E-state index contributed by atoms with van der Waals surface area (Å²) in [5.74, 6) is 0.767. The number of amides is 1. The summed E-state index contributed by atoms with van der Waals surface area (Å²) in [5, 5.41) is 4.18. The summed E-state index contributed by atoms with van der Waals surface area (Å²) in [6.07, 6.45) is 0. The van der Waals surface area contributed by atoms with Gasteiger partial charge in [0, 0.05) is 5.56 Å². The van der Waals surface area contributed by atoms with E-state index >= 15 is 0 Å². The van der Waals surface area contributed by atoms with Crippen LogP contribution in [0.1, 0.15) is 34.0 Å². The summed E-state index contributed by atoms with van der Waals surface area (Å²) in [7, 11) is 3.08. The Balaban J connectivity index is 2.15. The Morgan fingerprint density at radius 2 is 1.58 bits per heavy atom. The Labute approximate surface area is 142 Å². The Morgan fingerprint density at radius 1 is 0.917 bits per heavy atom. The van der Waals surface area contributed by atoms with Crippen molar-refractivity contribution in [3.63, 3.8) is 0 Å². The molecule has 0 atom stereocenters. The molecule has 24 heavy (non-hydrogen) atoms. The van der Waals surface area contributed by atoms with Crippen LogP contribution in [0.15, 0.2) is 41.5 Å². The quantitative estimate of drug-likeness (QED) is 0.676. The number of carbonyl (C=O) groups is 1. The minimum Gasteiger partial charge on any atom is -0.493 e. The third-order valence-corrected chi connectivity index (χ3v) is 3.90. The normalized spacial score (nSPS) is 11.1. The van der Waals surface area contributed by atoms with E-state index in [-0.39, 0.29) is 5.91 Å². The number of hydrogen-bond acceptors (Lipinski definition) is 4. The van der Waals surface area contributed by atoms with Gasteiger partial charge in [-0.2, -0.15) is 5.10 Å². The van der Waals surface area contributed by atoms with Crippen molar-refractivity contribution in [1.29, 1.82) is 0 Å². The molecule has 0 fully saturated rings. The fourth-order valence-corrected chi connectivity index (χ4v) is 2.21. The van der Waals surface area contributed by atoms with Crippen molar-refractivity contribution in [3.8, 4) is 11.5 Å². The van der Waals surface area contributed by atoms with Gasteiger partial charge in [0.15, 0.2) is 11.5 Å². The van der Waals surface area contributed by atoms with Crippen LogP contribution < -0.4 is 14.9 Å². The molecular formula is C19H22N2O3. The van der Waals surface area contributed by atoms with Gasteiger partial charge < -0.3 is 9.47 Å². The van der Waals surface area contributed by atoms with Crippen molar-refractivity contribution in [3.05, 3.63) is 58.7 Å². The summed E-state index contributed by atoms with van der Waals surface area (Å²) in [5.41, 5.74) is 7.15. The van der Waals surface area contributed by atoms with Crippen molar-refractivity contribution in [2.45, 2.75) is 20.8 Å². The molecule has 0 heterocycles. The van der Waals surface area contributed by atoms with Crippen LogP contribution in [0.3, 0.4) is 0 Å². The molecule has 5 nitrogen and oxygen atoms in total. The smallest absolute Gasteiger partial charge is 0.271 e. The molecule has 0 aliphatic rings. The maximum atomic E-state index is 12.3. The van der Waals surface area contributed by atoms with Gasteiger partial charge in [-0.15, -0.1) is 0 Å². The second-order valence-corrected chi connectivity index (χ2v) is 5.51. The third-order valence-electron chi connectivity index (χ3n) is 3.90. The highest BCUT2D eigenvalue weighted by Crippen LogP contribution is 2.27. The first-order chi connectivity index (χ1) is 11.5. The summed E-state index contributed by atoms with van der Waals surface area (Å²) in [6.45, 7) is 5.97. The van der Waals surface area contributed by atoms with Gasteiger partial charge in [-0.3, -0.25) is 4.79 Å². The zero-order valence-corrected chi connectivity index (χ0v) is 14.6. The highest BCUT2D eigenvalue weighted by molar-refractivity contribution is 6.01. The molecule has 0 aromatic heterocycles. The van der Waals surface area contributed by atoms with Gasteiger partial charge >= 0.3 is 0 Å². The van der Waals surface area contributed by atoms with Gasteiger partial charge in [0.25, 0.3) is 5.91 Å². The van der Waals surface area contributed by atoms with Crippen LogP contribution in [0.2, 0.25) is 0 Å². The summed E-state index contributed by atoms with van der Waals surface area (Å²) >= 11 is 0. The lowest BCUT2D eigenvalue weighted by atomic mass is 10.0. The minimum absolute atomic E-state index is 0.306. The Kier molecular flexibility index (Phi) is 5.58. The van der Waals surface area contributed by atoms with Crippen molar-refractivity contribution in [2.75, 3.05) is 14.2 Å². The first-order valence-corrected chi connectivity index (χ1v) is 7.60. The number of nitrogens with zero attached hydrogens (tertiary/aromatic N) is 1. The van der Waals surface area contributed by atoms with Crippen LogP contribution in [0.25, 0.3) is 0 Å². The van der Waals surface area contributed by atoms with Gasteiger partial charge in [-0.25, -0.2) is 5.43 Å². The fourth-order valence-electron chi connectivity index (χ4n) is 2.21. The van der Waals surface area contributed by atoms with Crippen LogP contribution in [0, 0.1) is 13.8 Å². The average molecular weight is 326 g/mol. The standard InChI is InChI=1S/C19H22N2O3/c1-12-6-7-15(10-13(12)2)14(3)20-21-19(22)16-8-9-17(23-4)18(11-16)24-5/h6-11H,1-5H3,(H,21,22)/b20-14-. The Morgan fingerprint density at radius 3 is 2.21 bits per heavy atom. The molecule has 0 spiro atoms. The minimum atomic E-state index is -0.306. The molecule has 1 amide bonds. The zero-order chi connectivity index (χ0) is 17.7. The molecule has 2 aromatic rings. The molecular weight excluding hydrogens is 304 g/mol. The highest BCUT2D eigenvalue weighted by Gasteiger charge is 2.10. The number of methoxy groups -OCH3 is 2. The molecule has 0 saturated heterocycles. The van der Waals surface area contributed by atoms with E-state index in [9.17, 15) is 4.79 Å². The van der Waals surface area contributed by atoms with Gasteiger partial charge in [0.1, 0.15) is 0 Å². The lowest BCUT2D eigenvalue weighted by Gasteiger charge is -2.09. The van der Waals surface area contributed by atoms with Gasteiger partial charge in [0.05, 0.1) is 19.9 Å². The summed E-state index contributed by atoms with van der Waals surface area (Å²) < 4.78 is 10.4. The first kappa shape index (κ1) is 17.5. The van der Waals surface area contributed by atoms with E-state index < -0.39 is 0 Å². The molecule has 0 saturated carbocycles. The van der Waals surface area contributed by atoms with Crippen molar-refractivity contribution < 1.29 is 14.3 Å². The van der Waals surface area contributed by atoms with Crippen molar-refractivity contribution in [2.24, 2.45) is 5.10 Å². The van der Waals surface area contributed by atoms with Crippen LogP contribution in [-0.4, -0.2) is 25.8 Å². The number of nitrogens with one attached hydrogen (secondary N) is 1. The Hall–Kier alpha value is -2.82. The number of hydrogen-bond donors (Lipinski definition) is 1. The van der Waals surface area contributed by atoms with Crippen LogP contribution in [0.5, 0.6) is 11.5 Å². The van der Waals surface area contributed by atoms with E-state index in [0.717, 1.165) is 11.3 Å². The maximum Gasteiger partial charge on any atom is 0.271 e. The van der Waals surface area contributed by atoms with Crippen molar-refractivity contribution in [1.82, 2.24) is 5.43 Å². The lowest BCUT2D eigenvalue weighted by molar-refractivity contribution is 0.0954. The predicted molar refractivity (Wildman–Crippen MR) is 95.1 cm³/mol. The average Bonchev–Trinajstić information content (AvgIpc) is 2.60. The number of ether oxygens (including phenoxy) is 2. The zero-order valence-electron chi connectivity index (χ0n) is 14.6. The fraction of sp³-hybridized carbons (Fsp3) is 0.263. The largest absolute Gasteiger partial charge is 0.493 e. The van der Waals surface area contributed by atoms with Crippen LogP contribution in [-0.2, 0) is 0 Å². The molecule has 2 aromatic carbocycles. The van der Waals surface area contributed by atoms with Crippen LogP contribution >= 0.6 is 0 Å². The lowest BCUT2D eigenvalue weighted by Crippen LogP contribution is -2.19. The van der Waals surface area contributed by atoms with Crippen LogP contribution in [0.4, 0.5) is 0 Å². The molecule has 0 bridgehead atoms. The molecule has 5 heteroatoms. The molecule has 2 rings (SSSR count). The topological polar surface area (TPSA) is 59.9 Å². The van der Waals surface area contributed by atoms with E-state index in [4.69, 9.17) is 9.47 Å². The summed E-state index contributed by atoms with van der Waals surface area (Å²) in [4.78, 5) is 12.3. The second kappa shape index (κ2) is 7.64. The highest BCUT2D eigenvalue weighted by atomic mass is 16.5. The van der Waals surface area contributed by atoms with E-state index in [1.165, 1.54) is 18.2 Å². The predicted octanol–water partition coefficient (Wildman–Crippen LogP) is 3.47. The SMILES string of the molecule is COc1ccc(C(=O)N/N=C(/C)c2ccc(C)c(C)c2)cc1OC. The third kappa shape index (κ3) is 3.93. The van der Waals surface area contributed by atoms with E-state index in [1.807, 2.05) is 26.0 Å². The second-order valence-electron chi connectivity index (χ2n) is 5.51. The molecule has 0 aliphatic carbocycles. The first-order valence-electron chi connectivity index (χ1n) is 7.60. The molecule has 1 N–H and O–H groups in total. The molecule has 126 valence electrons. The van der Waals surface area contributed by atoms with E-state index in [0.29, 0.717) is 17.1 Å². The number of aryl methyl sites for hydroxylation is 2. The Bertz CT molecular complexity index is 782. The summed E-state index contributed by atoms with van der Waals surface area (Å²) in [6, 6.07) is 11.1. The molecule has 0 radical (unpaired) electrons. The van der Waals surface area contributed by atoms with Gasteiger partial charge in [0.2, 0.25) is 0 Å². The molecule has 0 aliphatic heterocycles. The number of rotatable bonds is 5. The molecule has 0 unspecified atom stereocenters. The van der Waals surface area contributed by atoms with Crippen molar-refractivity contribution >= 4 is 11.6 Å². The van der Waals surface area contributed by atoms with E-state index in [1.54, 1.807) is 25.3 Å². The van der Waals surface area contributed by atoms with E-state index in [2.05, 4.69) is 23.5 Å². The monoisotopic (exact) mass is 326 g/mol.